The van der Waals surface area contributed by atoms with Crippen molar-refractivity contribution in [2.24, 2.45) is 0 Å². The number of hydrogen-bond acceptors (Lipinski definition) is 3. The number of methoxy groups -OCH3 is 1. The van der Waals surface area contributed by atoms with Gasteiger partial charge >= 0.3 is 0 Å². The average Bonchev–Trinajstić information content (AvgIpc) is 2.71. The molecule has 0 amide bonds. The Bertz CT molecular complexity index is 423. The first-order valence-corrected chi connectivity index (χ1v) is 4.31. The lowest BCUT2D eigenvalue weighted by atomic mass is 10.2. The van der Waals surface area contributed by atoms with Crippen molar-refractivity contribution in [3.05, 3.63) is 36.4 Å². The first-order chi connectivity index (χ1) is 6.81. The highest BCUT2D eigenvalue weighted by atomic mass is 16.5. The third-order valence-electron chi connectivity index (χ3n) is 2.11. The number of rotatable bonds is 2. The van der Waals surface area contributed by atoms with Crippen LogP contribution in [0, 0.1) is 6.92 Å². The van der Waals surface area contributed by atoms with Crippen molar-refractivity contribution in [1.29, 1.82) is 0 Å². The summed E-state index contributed by atoms with van der Waals surface area (Å²) in [5.41, 5.74) is 2.11. The maximum absolute atomic E-state index is 5.23. The van der Waals surface area contributed by atoms with Crippen LogP contribution in [0.25, 0.3) is 5.69 Å². The van der Waals surface area contributed by atoms with Gasteiger partial charge in [0.25, 0.3) is 0 Å². The molecule has 4 nitrogen and oxygen atoms in total. The molecule has 14 heavy (non-hydrogen) atoms. The zero-order chi connectivity index (χ0) is 9.97. The Morgan fingerprint density at radius 1 is 1.21 bits per heavy atom. The molecule has 0 bridgehead atoms. The monoisotopic (exact) mass is 189 g/mol. The zero-order valence-electron chi connectivity index (χ0n) is 8.14. The van der Waals surface area contributed by atoms with Gasteiger partial charge in [-0.25, -0.2) is 0 Å². The SMILES string of the molecule is COc1cc(-n2cnnc2)ccc1C. The third kappa shape index (κ3) is 1.46. The van der Waals surface area contributed by atoms with Crippen molar-refractivity contribution in [3.63, 3.8) is 0 Å². The minimum Gasteiger partial charge on any atom is -0.496 e. The summed E-state index contributed by atoms with van der Waals surface area (Å²) < 4.78 is 7.06. The van der Waals surface area contributed by atoms with Crippen molar-refractivity contribution in [1.82, 2.24) is 14.8 Å². The lowest BCUT2D eigenvalue weighted by Crippen LogP contribution is -1.93. The zero-order valence-corrected chi connectivity index (χ0v) is 8.14. The summed E-state index contributed by atoms with van der Waals surface area (Å²) in [6.45, 7) is 2.01. The van der Waals surface area contributed by atoms with Crippen LogP contribution in [0.15, 0.2) is 30.9 Å². The predicted molar refractivity (Wildman–Crippen MR) is 52.6 cm³/mol. The fourth-order valence-electron chi connectivity index (χ4n) is 1.30. The largest absolute Gasteiger partial charge is 0.496 e. The molecule has 0 spiro atoms. The van der Waals surface area contributed by atoms with E-state index in [0.29, 0.717) is 0 Å². The van der Waals surface area contributed by atoms with E-state index in [2.05, 4.69) is 10.2 Å². The van der Waals surface area contributed by atoms with E-state index in [-0.39, 0.29) is 0 Å². The van der Waals surface area contributed by atoms with Crippen LogP contribution in [0.5, 0.6) is 5.75 Å². The van der Waals surface area contributed by atoms with Crippen LogP contribution in [0.2, 0.25) is 0 Å². The molecule has 1 aromatic carbocycles. The third-order valence-corrected chi connectivity index (χ3v) is 2.11. The number of benzene rings is 1. The van der Waals surface area contributed by atoms with Crippen molar-refractivity contribution >= 4 is 0 Å². The standard InChI is InChI=1S/C10H11N3O/c1-8-3-4-9(5-10(8)14-2)13-6-11-12-7-13/h3-7H,1-2H3. The number of ether oxygens (including phenoxy) is 1. The summed E-state index contributed by atoms with van der Waals surface area (Å²) >= 11 is 0. The van der Waals surface area contributed by atoms with E-state index < -0.39 is 0 Å². The van der Waals surface area contributed by atoms with E-state index in [4.69, 9.17) is 4.74 Å². The topological polar surface area (TPSA) is 39.9 Å². The fourth-order valence-corrected chi connectivity index (χ4v) is 1.30. The lowest BCUT2D eigenvalue weighted by molar-refractivity contribution is 0.411. The second kappa shape index (κ2) is 3.49. The minimum absolute atomic E-state index is 0.871. The Labute approximate surface area is 82.2 Å². The highest BCUT2D eigenvalue weighted by Gasteiger charge is 2.01. The van der Waals surface area contributed by atoms with E-state index in [1.807, 2.05) is 29.7 Å². The Balaban J connectivity index is 2.46. The molecular formula is C10H11N3O. The Kier molecular flexibility index (Phi) is 2.18. The van der Waals surface area contributed by atoms with Crippen molar-refractivity contribution in [2.75, 3.05) is 7.11 Å². The second-order valence-electron chi connectivity index (χ2n) is 3.02. The van der Waals surface area contributed by atoms with E-state index in [0.717, 1.165) is 17.0 Å². The van der Waals surface area contributed by atoms with Crippen molar-refractivity contribution in [3.8, 4) is 11.4 Å². The van der Waals surface area contributed by atoms with Gasteiger partial charge in [0.1, 0.15) is 18.4 Å². The van der Waals surface area contributed by atoms with Crippen LogP contribution in [-0.4, -0.2) is 21.9 Å². The number of aryl methyl sites for hydroxylation is 1. The van der Waals surface area contributed by atoms with Gasteiger partial charge in [0.2, 0.25) is 0 Å². The first kappa shape index (κ1) is 8.74. The van der Waals surface area contributed by atoms with E-state index in [9.17, 15) is 0 Å². The van der Waals surface area contributed by atoms with Crippen LogP contribution < -0.4 is 4.74 Å². The molecule has 0 unspecified atom stereocenters. The number of hydrogen-bond donors (Lipinski definition) is 0. The minimum atomic E-state index is 0.871. The van der Waals surface area contributed by atoms with E-state index >= 15 is 0 Å². The van der Waals surface area contributed by atoms with E-state index in [1.165, 1.54) is 0 Å². The van der Waals surface area contributed by atoms with E-state index in [1.54, 1.807) is 19.8 Å². The molecule has 0 fully saturated rings. The molecule has 0 saturated carbocycles. The maximum Gasteiger partial charge on any atom is 0.123 e. The maximum atomic E-state index is 5.23. The predicted octanol–water partition coefficient (Wildman–Crippen LogP) is 1.58. The highest BCUT2D eigenvalue weighted by Crippen LogP contribution is 2.20. The van der Waals surface area contributed by atoms with Crippen molar-refractivity contribution in [2.45, 2.75) is 6.92 Å². The molecule has 1 aromatic heterocycles. The van der Waals surface area contributed by atoms with Gasteiger partial charge in [-0.3, -0.25) is 4.57 Å². The first-order valence-electron chi connectivity index (χ1n) is 4.31. The molecule has 72 valence electrons. The summed E-state index contributed by atoms with van der Waals surface area (Å²) in [7, 11) is 1.66. The molecule has 0 saturated heterocycles. The molecule has 0 aliphatic heterocycles. The average molecular weight is 189 g/mol. The summed E-state index contributed by atoms with van der Waals surface area (Å²) in [5.74, 6) is 0.871. The van der Waals surface area contributed by atoms with Gasteiger partial charge in [-0.15, -0.1) is 10.2 Å². The molecular weight excluding hydrogens is 178 g/mol. The number of nitrogens with zero attached hydrogens (tertiary/aromatic N) is 3. The second-order valence-corrected chi connectivity index (χ2v) is 3.02. The quantitative estimate of drug-likeness (QED) is 0.720. The van der Waals surface area contributed by atoms with Gasteiger partial charge in [-0.1, -0.05) is 6.07 Å². The van der Waals surface area contributed by atoms with Crippen LogP contribution in [0.1, 0.15) is 5.56 Å². The van der Waals surface area contributed by atoms with Gasteiger partial charge in [0.05, 0.1) is 12.8 Å². The van der Waals surface area contributed by atoms with Crippen LogP contribution in [0.3, 0.4) is 0 Å². The molecule has 0 N–H and O–H groups in total. The Morgan fingerprint density at radius 2 is 1.93 bits per heavy atom. The molecule has 0 atom stereocenters. The highest BCUT2D eigenvalue weighted by molar-refractivity contribution is 5.43. The normalized spacial score (nSPS) is 10.1. The molecule has 0 aliphatic carbocycles. The van der Waals surface area contributed by atoms with Crippen LogP contribution in [-0.2, 0) is 0 Å². The van der Waals surface area contributed by atoms with Gasteiger partial charge in [0, 0.05) is 6.07 Å². The summed E-state index contributed by atoms with van der Waals surface area (Å²) in [4.78, 5) is 0. The van der Waals surface area contributed by atoms with Gasteiger partial charge < -0.3 is 4.74 Å². The fraction of sp³-hybridized carbons (Fsp3) is 0.200. The van der Waals surface area contributed by atoms with Gasteiger partial charge in [0.15, 0.2) is 0 Å². The molecule has 2 rings (SSSR count). The van der Waals surface area contributed by atoms with Gasteiger partial charge in [-0.05, 0) is 18.6 Å². The Hall–Kier alpha value is -1.84. The number of aromatic nitrogens is 3. The van der Waals surface area contributed by atoms with Gasteiger partial charge in [-0.2, -0.15) is 0 Å². The van der Waals surface area contributed by atoms with Crippen molar-refractivity contribution < 1.29 is 4.74 Å². The molecule has 0 radical (unpaired) electrons. The molecule has 0 aliphatic rings. The lowest BCUT2D eigenvalue weighted by Gasteiger charge is -2.07. The molecule has 4 heteroatoms. The summed E-state index contributed by atoms with van der Waals surface area (Å²) in [6.07, 6.45) is 3.31. The summed E-state index contributed by atoms with van der Waals surface area (Å²) in [5, 5.41) is 7.50. The summed E-state index contributed by atoms with van der Waals surface area (Å²) in [6, 6.07) is 5.97. The molecule has 2 aromatic rings. The van der Waals surface area contributed by atoms with Crippen LogP contribution >= 0.6 is 0 Å². The van der Waals surface area contributed by atoms with Crippen LogP contribution in [0.4, 0.5) is 0 Å². The Morgan fingerprint density at radius 3 is 2.57 bits per heavy atom. The molecule has 1 heterocycles. The smallest absolute Gasteiger partial charge is 0.123 e.